The van der Waals surface area contributed by atoms with Gasteiger partial charge in [0, 0.05) is 11.8 Å². The molecule has 0 fully saturated rings. The Bertz CT molecular complexity index is 866. The second-order valence-corrected chi connectivity index (χ2v) is 5.01. The average Bonchev–Trinajstić information content (AvgIpc) is 3.00. The third-order valence-electron chi connectivity index (χ3n) is 3.21. The summed E-state index contributed by atoms with van der Waals surface area (Å²) < 4.78 is 1.64. The molecule has 0 saturated carbocycles. The maximum Gasteiger partial charge on any atom is 0.184 e. The van der Waals surface area contributed by atoms with Gasteiger partial charge in [0.2, 0.25) is 0 Å². The van der Waals surface area contributed by atoms with Crippen LogP contribution in [-0.2, 0) is 0 Å². The summed E-state index contributed by atoms with van der Waals surface area (Å²) in [5.74, 6) is 0.559. The Morgan fingerprint density at radius 2 is 1.92 bits per heavy atom. The molecule has 0 bridgehead atoms. The van der Waals surface area contributed by atoms with E-state index in [0.717, 1.165) is 17.0 Å². The van der Waals surface area contributed by atoms with Crippen LogP contribution in [0.25, 0.3) is 5.65 Å². The molecule has 0 atom stereocenters. The van der Waals surface area contributed by atoms with Crippen LogP contribution >= 0.6 is 11.6 Å². The van der Waals surface area contributed by atoms with Crippen molar-refractivity contribution in [3.8, 4) is 0 Å². The minimum absolute atomic E-state index is 0.559. The van der Waals surface area contributed by atoms with E-state index < -0.39 is 0 Å². The zero-order chi connectivity index (χ0) is 17.5. The van der Waals surface area contributed by atoms with Crippen molar-refractivity contribution in [3.63, 3.8) is 0 Å². The van der Waals surface area contributed by atoms with Gasteiger partial charge in [0.1, 0.15) is 5.69 Å². The quantitative estimate of drug-likeness (QED) is 0.622. The number of nitrogens with zero attached hydrogens (tertiary/aromatic N) is 5. The van der Waals surface area contributed by atoms with Gasteiger partial charge in [-0.15, -0.1) is 0 Å². The third-order valence-corrected chi connectivity index (χ3v) is 3.31. The minimum atomic E-state index is 0.559. The van der Waals surface area contributed by atoms with E-state index in [2.05, 4.69) is 20.1 Å². The summed E-state index contributed by atoms with van der Waals surface area (Å²) in [6.07, 6.45) is 1.68. The Labute approximate surface area is 146 Å². The van der Waals surface area contributed by atoms with Gasteiger partial charge in [-0.2, -0.15) is 9.61 Å². The maximum absolute atomic E-state index is 5.67. The lowest BCUT2D eigenvalue weighted by Gasteiger charge is -2.05. The number of aryl methyl sites for hydroxylation is 1. The fourth-order valence-corrected chi connectivity index (χ4v) is 2.29. The average molecular weight is 342 g/mol. The van der Waals surface area contributed by atoms with Gasteiger partial charge in [-0.05, 0) is 19.4 Å². The highest BCUT2D eigenvalue weighted by molar-refractivity contribution is 6.56. The van der Waals surface area contributed by atoms with Crippen molar-refractivity contribution < 1.29 is 0 Å². The Morgan fingerprint density at radius 1 is 1.21 bits per heavy atom. The molecule has 6 heteroatoms. The highest BCUT2D eigenvalue weighted by Gasteiger charge is 2.10. The van der Waals surface area contributed by atoms with Gasteiger partial charge in [-0.1, -0.05) is 55.8 Å². The molecule has 0 amide bonds. The van der Waals surface area contributed by atoms with Crippen LogP contribution in [0.15, 0.2) is 52.6 Å². The van der Waals surface area contributed by atoms with Gasteiger partial charge in [0.15, 0.2) is 11.5 Å². The Hall–Kier alpha value is -2.53. The van der Waals surface area contributed by atoms with Gasteiger partial charge < -0.3 is 0 Å². The smallest absolute Gasteiger partial charge is 0.184 e. The van der Waals surface area contributed by atoms with Gasteiger partial charge in [-0.25, -0.2) is 15.0 Å². The molecule has 3 rings (SSSR count). The van der Waals surface area contributed by atoms with Crippen LogP contribution in [0.2, 0.25) is 0 Å². The summed E-state index contributed by atoms with van der Waals surface area (Å²) >= 11 is 5.67. The maximum atomic E-state index is 5.67. The zero-order valence-electron chi connectivity index (χ0n) is 14.2. The summed E-state index contributed by atoms with van der Waals surface area (Å²) in [6.45, 7) is 7.85. The van der Waals surface area contributed by atoms with E-state index >= 15 is 0 Å². The molecule has 0 aliphatic heterocycles. The van der Waals surface area contributed by atoms with Crippen LogP contribution in [0.1, 0.15) is 32.0 Å². The van der Waals surface area contributed by atoms with Crippen LogP contribution in [0.5, 0.6) is 0 Å². The molecule has 0 N–H and O–H groups in total. The molecule has 0 unspecified atom stereocenters. The van der Waals surface area contributed by atoms with Crippen molar-refractivity contribution in [2.45, 2.75) is 27.7 Å². The Balaban J connectivity index is 0.00000100. The molecule has 0 spiro atoms. The van der Waals surface area contributed by atoms with Crippen molar-refractivity contribution >= 4 is 40.1 Å². The Morgan fingerprint density at radius 3 is 2.58 bits per heavy atom. The third kappa shape index (κ3) is 3.86. The fourth-order valence-electron chi connectivity index (χ4n) is 2.20. The molecule has 0 aliphatic carbocycles. The largest absolute Gasteiger partial charge is 0.248 e. The number of fused-ring (bicyclic) bond motifs is 1. The SMILES string of the molecule is CC.CC(=Nc1cnc2cc(C)nn2c1/N=C/Cl)c1ccccc1. The van der Waals surface area contributed by atoms with E-state index in [0.29, 0.717) is 17.2 Å². The lowest BCUT2D eigenvalue weighted by Crippen LogP contribution is -1.96. The predicted octanol–water partition coefficient (Wildman–Crippen LogP) is 5.10. The van der Waals surface area contributed by atoms with Crippen LogP contribution in [-0.4, -0.2) is 26.0 Å². The second-order valence-electron chi connectivity index (χ2n) is 4.81. The molecular weight excluding hydrogens is 322 g/mol. The second kappa shape index (κ2) is 8.36. The number of aromatic nitrogens is 3. The predicted molar refractivity (Wildman–Crippen MR) is 101 cm³/mol. The number of hydrogen-bond acceptors (Lipinski definition) is 4. The first-order valence-corrected chi connectivity index (χ1v) is 8.21. The molecule has 2 aromatic heterocycles. The van der Waals surface area contributed by atoms with Crippen molar-refractivity contribution in [2.75, 3.05) is 0 Å². The van der Waals surface area contributed by atoms with Crippen LogP contribution in [0, 0.1) is 6.92 Å². The first-order valence-electron chi connectivity index (χ1n) is 7.78. The molecule has 3 aromatic rings. The normalized spacial score (nSPS) is 11.6. The highest BCUT2D eigenvalue weighted by atomic mass is 35.5. The van der Waals surface area contributed by atoms with Gasteiger partial charge >= 0.3 is 0 Å². The topological polar surface area (TPSA) is 54.9 Å². The summed E-state index contributed by atoms with van der Waals surface area (Å²) in [6, 6.07) is 11.8. The monoisotopic (exact) mass is 341 g/mol. The molecular formula is C18H20ClN5. The van der Waals surface area contributed by atoms with Crippen LogP contribution < -0.4 is 0 Å². The summed E-state index contributed by atoms with van der Waals surface area (Å²) in [7, 11) is 0. The van der Waals surface area contributed by atoms with Crippen molar-refractivity contribution in [1.82, 2.24) is 14.6 Å². The summed E-state index contributed by atoms with van der Waals surface area (Å²) in [5.41, 5.74) is 5.32. The van der Waals surface area contributed by atoms with E-state index in [1.807, 2.05) is 64.1 Å². The van der Waals surface area contributed by atoms with Gasteiger partial charge in [-0.3, -0.25) is 0 Å². The van der Waals surface area contributed by atoms with Crippen LogP contribution in [0.4, 0.5) is 11.5 Å². The van der Waals surface area contributed by atoms with Crippen molar-refractivity contribution in [1.29, 1.82) is 0 Å². The van der Waals surface area contributed by atoms with E-state index in [1.165, 1.54) is 5.67 Å². The Kier molecular flexibility index (Phi) is 6.21. The van der Waals surface area contributed by atoms with E-state index in [1.54, 1.807) is 10.7 Å². The molecule has 5 nitrogen and oxygen atoms in total. The zero-order valence-corrected chi connectivity index (χ0v) is 15.0. The molecule has 1 aromatic carbocycles. The van der Waals surface area contributed by atoms with Crippen molar-refractivity contribution in [3.05, 3.63) is 53.9 Å². The number of halogens is 1. The molecule has 0 aliphatic rings. The van der Waals surface area contributed by atoms with Gasteiger partial charge in [0.25, 0.3) is 0 Å². The number of rotatable bonds is 3. The number of hydrogen-bond donors (Lipinski definition) is 0. The van der Waals surface area contributed by atoms with E-state index in [4.69, 9.17) is 11.6 Å². The molecule has 2 heterocycles. The van der Waals surface area contributed by atoms with Crippen molar-refractivity contribution in [2.24, 2.45) is 9.98 Å². The number of aliphatic imine (C=N–C) groups is 2. The minimum Gasteiger partial charge on any atom is -0.248 e. The highest BCUT2D eigenvalue weighted by Crippen LogP contribution is 2.28. The number of benzene rings is 1. The first kappa shape index (κ1) is 17.8. The lowest BCUT2D eigenvalue weighted by atomic mass is 10.1. The van der Waals surface area contributed by atoms with Crippen LogP contribution in [0.3, 0.4) is 0 Å². The molecule has 0 radical (unpaired) electrons. The molecule has 124 valence electrons. The fraction of sp³-hybridized carbons (Fsp3) is 0.222. The van der Waals surface area contributed by atoms with Gasteiger partial charge in [0.05, 0.1) is 17.6 Å². The first-order chi connectivity index (χ1) is 11.7. The summed E-state index contributed by atoms with van der Waals surface area (Å²) in [4.78, 5) is 13.2. The standard InChI is InChI=1S/C16H14ClN5.C2H6/c1-11-8-15-18-9-14(16(19-10-17)22(15)21-11)20-12(2)13-6-4-3-5-7-13;1-2/h3-10H,1-2H3;1-2H3/b19-10+,20-12?;. The molecule has 0 saturated heterocycles. The molecule has 24 heavy (non-hydrogen) atoms. The van der Waals surface area contributed by atoms with E-state index in [-0.39, 0.29) is 0 Å². The summed E-state index contributed by atoms with van der Waals surface area (Å²) in [5, 5.41) is 4.38. The lowest BCUT2D eigenvalue weighted by molar-refractivity contribution is 0.916. The van der Waals surface area contributed by atoms with E-state index in [9.17, 15) is 0 Å².